The van der Waals surface area contributed by atoms with Crippen molar-refractivity contribution in [2.24, 2.45) is 0 Å². The first-order valence-electron chi connectivity index (χ1n) is 6.04. The van der Waals surface area contributed by atoms with Crippen LogP contribution >= 0.6 is 0 Å². The van der Waals surface area contributed by atoms with Crippen molar-refractivity contribution in [1.82, 2.24) is 0 Å². The molecule has 0 fully saturated rings. The smallest absolute Gasteiger partial charge is 0.0594 e. The summed E-state index contributed by atoms with van der Waals surface area (Å²) in [5, 5.41) is 11.7. The standard InChI is InChI=1S/C16H16O2/c1-2-16(15(17)18,13-9-5-3-6-10-13)14-11-7-4-8-12-14/h3-12H,2H2,1H3,(H,17,18)/p-1. The highest BCUT2D eigenvalue weighted by Gasteiger charge is 2.33. The van der Waals surface area contributed by atoms with Crippen LogP contribution in [0, 0.1) is 0 Å². The molecule has 0 spiro atoms. The van der Waals surface area contributed by atoms with Crippen LogP contribution in [0.1, 0.15) is 24.5 Å². The molecule has 0 saturated heterocycles. The van der Waals surface area contributed by atoms with E-state index in [4.69, 9.17) is 0 Å². The zero-order valence-corrected chi connectivity index (χ0v) is 10.3. The number of hydrogen-bond acceptors (Lipinski definition) is 2. The van der Waals surface area contributed by atoms with Crippen LogP contribution < -0.4 is 5.11 Å². The first-order chi connectivity index (χ1) is 8.71. The fraction of sp³-hybridized carbons (Fsp3) is 0.188. The number of carboxylic acid groups (broad SMARTS) is 1. The van der Waals surface area contributed by atoms with Gasteiger partial charge in [0.15, 0.2) is 0 Å². The Labute approximate surface area is 107 Å². The van der Waals surface area contributed by atoms with E-state index < -0.39 is 11.4 Å². The molecule has 2 heteroatoms. The molecule has 0 aliphatic rings. The van der Waals surface area contributed by atoms with Gasteiger partial charge in [0.2, 0.25) is 0 Å². The number of hydrogen-bond donors (Lipinski definition) is 0. The lowest BCUT2D eigenvalue weighted by molar-refractivity contribution is -0.312. The van der Waals surface area contributed by atoms with Crippen molar-refractivity contribution in [2.75, 3.05) is 0 Å². The summed E-state index contributed by atoms with van der Waals surface area (Å²) in [6.45, 7) is 1.87. The molecule has 0 aliphatic heterocycles. The summed E-state index contributed by atoms with van der Waals surface area (Å²) in [5.74, 6) is -1.05. The fourth-order valence-corrected chi connectivity index (χ4v) is 2.40. The van der Waals surface area contributed by atoms with Gasteiger partial charge >= 0.3 is 0 Å². The Hall–Kier alpha value is -2.09. The average molecular weight is 239 g/mol. The predicted octanol–water partition coefficient (Wildman–Crippen LogP) is 2.13. The largest absolute Gasteiger partial charge is 0.549 e. The molecule has 0 amide bonds. The maximum atomic E-state index is 11.7. The first-order valence-corrected chi connectivity index (χ1v) is 6.04. The second kappa shape index (κ2) is 5.05. The van der Waals surface area contributed by atoms with Gasteiger partial charge in [-0.15, -0.1) is 0 Å². The second-order valence-corrected chi connectivity index (χ2v) is 4.28. The highest BCUT2D eigenvalue weighted by Crippen LogP contribution is 2.34. The number of carbonyl (C=O) groups excluding carboxylic acids is 1. The van der Waals surface area contributed by atoms with E-state index in [1.165, 1.54) is 0 Å². The summed E-state index contributed by atoms with van der Waals surface area (Å²) in [5.41, 5.74) is 0.458. The second-order valence-electron chi connectivity index (χ2n) is 4.28. The summed E-state index contributed by atoms with van der Waals surface area (Å²) in [6, 6.07) is 18.5. The Balaban J connectivity index is 2.65. The third kappa shape index (κ3) is 1.90. The van der Waals surface area contributed by atoms with Crippen molar-refractivity contribution in [3.05, 3.63) is 71.8 Å². The van der Waals surface area contributed by atoms with Gasteiger partial charge in [-0.2, -0.15) is 0 Å². The fourth-order valence-electron chi connectivity index (χ4n) is 2.40. The Morgan fingerprint density at radius 3 is 1.61 bits per heavy atom. The summed E-state index contributed by atoms with van der Waals surface area (Å²) in [4.78, 5) is 11.7. The van der Waals surface area contributed by atoms with E-state index in [2.05, 4.69) is 0 Å². The van der Waals surface area contributed by atoms with Crippen LogP contribution in [0.4, 0.5) is 0 Å². The molecule has 0 radical (unpaired) electrons. The van der Waals surface area contributed by atoms with Crippen LogP contribution in [-0.4, -0.2) is 5.97 Å². The number of carbonyl (C=O) groups is 1. The molecular weight excluding hydrogens is 224 g/mol. The molecule has 18 heavy (non-hydrogen) atoms. The molecule has 0 aliphatic carbocycles. The average Bonchev–Trinajstić information content (AvgIpc) is 2.42. The van der Waals surface area contributed by atoms with Crippen molar-refractivity contribution < 1.29 is 9.90 Å². The minimum absolute atomic E-state index is 0.462. The van der Waals surface area contributed by atoms with E-state index in [0.717, 1.165) is 11.1 Å². The molecule has 0 saturated carbocycles. The third-order valence-corrected chi connectivity index (χ3v) is 3.41. The molecule has 2 nitrogen and oxygen atoms in total. The van der Waals surface area contributed by atoms with Crippen LogP contribution in [0.3, 0.4) is 0 Å². The maximum absolute atomic E-state index is 11.7. The van der Waals surface area contributed by atoms with Crippen LogP contribution in [0.15, 0.2) is 60.7 Å². The summed E-state index contributed by atoms with van der Waals surface area (Å²) in [7, 11) is 0. The normalized spacial score (nSPS) is 11.2. The van der Waals surface area contributed by atoms with Gasteiger partial charge in [-0.25, -0.2) is 0 Å². The molecule has 2 aromatic carbocycles. The number of rotatable bonds is 4. The molecule has 0 atom stereocenters. The van der Waals surface area contributed by atoms with Gasteiger partial charge in [-0.1, -0.05) is 67.6 Å². The Morgan fingerprint density at radius 2 is 1.33 bits per heavy atom. The lowest BCUT2D eigenvalue weighted by atomic mass is 9.72. The Bertz CT molecular complexity index is 478. The summed E-state index contributed by atoms with van der Waals surface area (Å²) >= 11 is 0. The van der Waals surface area contributed by atoms with Crippen LogP contribution in [0.25, 0.3) is 0 Å². The van der Waals surface area contributed by atoms with Crippen molar-refractivity contribution >= 4 is 5.97 Å². The van der Waals surface area contributed by atoms with Crippen LogP contribution in [-0.2, 0) is 10.2 Å². The molecule has 92 valence electrons. The third-order valence-electron chi connectivity index (χ3n) is 3.41. The van der Waals surface area contributed by atoms with Gasteiger partial charge in [0.1, 0.15) is 0 Å². The number of benzene rings is 2. The van der Waals surface area contributed by atoms with Gasteiger partial charge in [0.05, 0.1) is 11.4 Å². The molecule has 2 aromatic rings. The SMILES string of the molecule is CCC(C(=O)[O-])(c1ccccc1)c1ccccc1. The predicted molar refractivity (Wildman–Crippen MR) is 69.0 cm³/mol. The molecule has 0 aromatic heterocycles. The van der Waals surface area contributed by atoms with Gasteiger partial charge in [0, 0.05) is 0 Å². The van der Waals surface area contributed by atoms with Gasteiger partial charge in [0.25, 0.3) is 0 Å². The lowest BCUT2D eigenvalue weighted by Gasteiger charge is -2.35. The lowest BCUT2D eigenvalue weighted by Crippen LogP contribution is -2.46. The molecular formula is C16H15O2-. The van der Waals surface area contributed by atoms with E-state index in [1.54, 1.807) is 0 Å². The quantitative estimate of drug-likeness (QED) is 0.820. The van der Waals surface area contributed by atoms with Crippen LogP contribution in [0.2, 0.25) is 0 Å². The number of aliphatic carboxylic acids is 1. The highest BCUT2D eigenvalue weighted by atomic mass is 16.4. The van der Waals surface area contributed by atoms with Crippen molar-refractivity contribution in [2.45, 2.75) is 18.8 Å². The van der Waals surface area contributed by atoms with E-state index in [-0.39, 0.29) is 0 Å². The maximum Gasteiger partial charge on any atom is 0.0594 e. The molecule has 0 heterocycles. The van der Waals surface area contributed by atoms with Gasteiger partial charge in [-0.3, -0.25) is 0 Å². The van der Waals surface area contributed by atoms with E-state index in [9.17, 15) is 9.90 Å². The Morgan fingerprint density at radius 1 is 0.944 bits per heavy atom. The molecule has 2 rings (SSSR count). The molecule has 0 unspecified atom stereocenters. The first kappa shape index (κ1) is 12.4. The van der Waals surface area contributed by atoms with E-state index in [0.29, 0.717) is 6.42 Å². The minimum Gasteiger partial charge on any atom is -0.549 e. The van der Waals surface area contributed by atoms with E-state index in [1.807, 2.05) is 67.6 Å². The van der Waals surface area contributed by atoms with Crippen molar-refractivity contribution in [1.29, 1.82) is 0 Å². The highest BCUT2D eigenvalue weighted by molar-refractivity contribution is 5.84. The van der Waals surface area contributed by atoms with Crippen molar-refractivity contribution in [3.8, 4) is 0 Å². The van der Waals surface area contributed by atoms with Crippen LogP contribution in [0.5, 0.6) is 0 Å². The van der Waals surface area contributed by atoms with Gasteiger partial charge < -0.3 is 9.90 Å². The monoisotopic (exact) mass is 239 g/mol. The van der Waals surface area contributed by atoms with Crippen molar-refractivity contribution in [3.63, 3.8) is 0 Å². The zero-order chi connectivity index (χ0) is 13.0. The summed E-state index contributed by atoms with van der Waals surface area (Å²) in [6.07, 6.45) is 0.462. The Kier molecular flexibility index (Phi) is 3.47. The topological polar surface area (TPSA) is 40.1 Å². The minimum atomic E-state index is -1.07. The number of carboxylic acids is 1. The molecule has 0 bridgehead atoms. The van der Waals surface area contributed by atoms with Gasteiger partial charge in [-0.05, 0) is 17.5 Å². The molecule has 0 N–H and O–H groups in total. The van der Waals surface area contributed by atoms with E-state index >= 15 is 0 Å². The zero-order valence-electron chi connectivity index (χ0n) is 10.3. The summed E-state index contributed by atoms with van der Waals surface area (Å²) < 4.78 is 0.